The molecule has 0 aliphatic carbocycles. The van der Waals surface area contributed by atoms with Crippen molar-refractivity contribution in [3.05, 3.63) is 29.3 Å². The molecule has 1 aromatic carbocycles. The fraction of sp³-hybridized carbons (Fsp3) is 0.222. The molecule has 0 atom stereocenters. The zero-order valence-electron chi connectivity index (χ0n) is 7.55. The van der Waals surface area contributed by atoms with Gasteiger partial charge < -0.3 is 5.11 Å². The van der Waals surface area contributed by atoms with Crippen LogP contribution in [-0.2, 0) is 0 Å². The van der Waals surface area contributed by atoms with Crippen molar-refractivity contribution < 1.29 is 39.5 Å². The Morgan fingerprint density at radius 2 is 2.00 bits per heavy atom. The number of aryl methyl sites for hydroxylation is 1. The van der Waals surface area contributed by atoms with Crippen molar-refractivity contribution in [2.45, 2.75) is 13.8 Å². The monoisotopic (exact) mass is 172 g/mol. The Morgan fingerprint density at radius 3 is 2.42 bits per heavy atom. The molecule has 0 saturated carbocycles. The molecule has 12 heavy (non-hydrogen) atoms. The molecule has 3 heteroatoms. The Kier molecular flexibility index (Phi) is 4.53. The molecular weight excluding hydrogens is 163 g/mol. The maximum absolute atomic E-state index is 10.9. The van der Waals surface area contributed by atoms with E-state index in [4.69, 9.17) is 0 Å². The van der Waals surface area contributed by atoms with Gasteiger partial charge in [0.25, 0.3) is 0 Å². The minimum atomic E-state index is -0.0185. The number of hydrogen-bond acceptors (Lipinski definition) is 2. The molecule has 1 aromatic rings. The van der Waals surface area contributed by atoms with Crippen molar-refractivity contribution in [3.8, 4) is 5.75 Å². The molecule has 2 nitrogen and oxygen atoms in total. The van der Waals surface area contributed by atoms with Gasteiger partial charge in [0.15, 0.2) is 5.78 Å². The molecule has 0 heterocycles. The van der Waals surface area contributed by atoms with Crippen LogP contribution in [0.25, 0.3) is 0 Å². The first kappa shape index (κ1) is 11.7. The second-order valence-electron chi connectivity index (χ2n) is 2.54. The van der Waals surface area contributed by atoms with Crippen LogP contribution in [0.4, 0.5) is 0 Å². The average Bonchev–Trinajstić information content (AvgIpc) is 1.94. The van der Waals surface area contributed by atoms with E-state index in [0.717, 1.165) is 0 Å². The van der Waals surface area contributed by atoms with E-state index in [2.05, 4.69) is 0 Å². The normalized spacial score (nSPS) is 8.83. The van der Waals surface area contributed by atoms with E-state index in [-0.39, 0.29) is 41.1 Å². The zero-order valence-corrected chi connectivity index (χ0v) is 9.55. The first-order valence-electron chi connectivity index (χ1n) is 3.40. The minimum Gasteiger partial charge on any atom is -0.872 e. The Bertz CT molecular complexity index is 295. The molecule has 0 saturated heterocycles. The number of ketones is 1. The predicted molar refractivity (Wildman–Crippen MR) is 40.6 cm³/mol. The fourth-order valence-corrected chi connectivity index (χ4v) is 0.868. The number of benzene rings is 1. The van der Waals surface area contributed by atoms with Crippen LogP contribution in [0.1, 0.15) is 22.8 Å². The molecule has 1 rings (SSSR count). The summed E-state index contributed by atoms with van der Waals surface area (Å²) in [6.07, 6.45) is 0. The van der Waals surface area contributed by atoms with E-state index in [0.29, 0.717) is 11.1 Å². The third kappa shape index (κ3) is 2.63. The van der Waals surface area contributed by atoms with E-state index in [1.54, 1.807) is 19.1 Å². The van der Waals surface area contributed by atoms with Crippen molar-refractivity contribution in [2.24, 2.45) is 0 Å². The van der Waals surface area contributed by atoms with Crippen molar-refractivity contribution in [1.29, 1.82) is 0 Å². The van der Waals surface area contributed by atoms with Crippen LogP contribution in [0.15, 0.2) is 18.2 Å². The van der Waals surface area contributed by atoms with Crippen molar-refractivity contribution in [2.75, 3.05) is 0 Å². The van der Waals surface area contributed by atoms with Crippen LogP contribution in [0.2, 0.25) is 0 Å². The van der Waals surface area contributed by atoms with E-state index >= 15 is 0 Å². The summed E-state index contributed by atoms with van der Waals surface area (Å²) in [7, 11) is 0. The van der Waals surface area contributed by atoms with Gasteiger partial charge in [0.1, 0.15) is 0 Å². The van der Waals surface area contributed by atoms with Crippen molar-refractivity contribution in [1.82, 2.24) is 0 Å². The van der Waals surface area contributed by atoms with Gasteiger partial charge in [-0.15, -0.1) is 5.75 Å². The van der Waals surface area contributed by atoms with Gasteiger partial charge >= 0.3 is 29.6 Å². The van der Waals surface area contributed by atoms with Crippen LogP contribution in [0.3, 0.4) is 0 Å². The predicted octanol–water partition coefficient (Wildman–Crippen LogP) is -1.72. The number of carbonyl (C=O) groups excluding carboxylic acids is 1. The topological polar surface area (TPSA) is 40.1 Å². The van der Waals surface area contributed by atoms with Gasteiger partial charge in [0.05, 0.1) is 0 Å². The molecule has 0 aliphatic heterocycles. The van der Waals surface area contributed by atoms with Gasteiger partial charge in [-0.1, -0.05) is 17.7 Å². The van der Waals surface area contributed by atoms with Gasteiger partial charge in [0, 0.05) is 5.56 Å². The summed E-state index contributed by atoms with van der Waals surface area (Å²) >= 11 is 0. The molecule has 0 unspecified atom stereocenters. The number of rotatable bonds is 1. The summed E-state index contributed by atoms with van der Waals surface area (Å²) in [5, 5.41) is 10.9. The third-order valence-electron chi connectivity index (χ3n) is 1.58. The molecule has 0 aromatic heterocycles. The van der Waals surface area contributed by atoms with Gasteiger partial charge in [0.2, 0.25) is 0 Å². The first-order valence-corrected chi connectivity index (χ1v) is 3.40. The number of carbonyl (C=O) groups is 1. The van der Waals surface area contributed by atoms with E-state index < -0.39 is 0 Å². The first-order chi connectivity index (χ1) is 5.11. The van der Waals surface area contributed by atoms with Crippen LogP contribution < -0.4 is 34.7 Å². The fourth-order valence-electron chi connectivity index (χ4n) is 0.868. The van der Waals surface area contributed by atoms with Crippen LogP contribution in [0.5, 0.6) is 5.75 Å². The zero-order chi connectivity index (χ0) is 8.43. The van der Waals surface area contributed by atoms with Crippen LogP contribution >= 0.6 is 0 Å². The van der Waals surface area contributed by atoms with Gasteiger partial charge in [-0.05, 0) is 19.9 Å². The molecule has 58 valence electrons. The maximum Gasteiger partial charge on any atom is 1.00 e. The Hall–Kier alpha value is -0.310. The number of Topliss-reactive ketones (excluding diaryl/α,β-unsaturated/α-hetero) is 1. The van der Waals surface area contributed by atoms with Crippen molar-refractivity contribution >= 4 is 5.78 Å². The molecular formula is C9H9NaO2. The second kappa shape index (κ2) is 4.65. The molecule has 0 fully saturated rings. The molecule has 0 bridgehead atoms. The smallest absolute Gasteiger partial charge is 0.872 e. The molecule has 0 N–H and O–H groups in total. The van der Waals surface area contributed by atoms with E-state index in [1.807, 2.05) is 0 Å². The molecule has 0 amide bonds. The Labute approximate surface area is 93.9 Å². The summed E-state index contributed by atoms with van der Waals surface area (Å²) in [4.78, 5) is 10.8. The standard InChI is InChI=1S/C9H10O2.Na/c1-6-5-8(7(2)10)3-4-9(6)11;/h3-5,11H,1-2H3;/q;+1/p-1. The van der Waals surface area contributed by atoms with Crippen LogP contribution in [-0.4, -0.2) is 5.78 Å². The summed E-state index contributed by atoms with van der Waals surface area (Å²) in [6.45, 7) is 3.19. The third-order valence-corrected chi connectivity index (χ3v) is 1.58. The number of hydrogen-bond donors (Lipinski definition) is 0. The van der Waals surface area contributed by atoms with E-state index in [9.17, 15) is 9.90 Å². The quantitative estimate of drug-likeness (QED) is 0.373. The van der Waals surface area contributed by atoms with Gasteiger partial charge in [-0.3, -0.25) is 4.79 Å². The minimum absolute atomic E-state index is 0. The Morgan fingerprint density at radius 1 is 1.42 bits per heavy atom. The maximum atomic E-state index is 10.9. The van der Waals surface area contributed by atoms with Crippen molar-refractivity contribution in [3.63, 3.8) is 0 Å². The SMILES string of the molecule is CC(=O)c1ccc([O-])c(C)c1.[Na+]. The molecule has 0 aliphatic rings. The van der Waals surface area contributed by atoms with Crippen LogP contribution in [0, 0.1) is 6.92 Å². The van der Waals surface area contributed by atoms with E-state index in [1.165, 1.54) is 13.0 Å². The average molecular weight is 172 g/mol. The Balaban J connectivity index is 0.00000121. The summed E-state index contributed by atoms with van der Waals surface area (Å²) in [5.74, 6) is -0.0249. The van der Waals surface area contributed by atoms with Gasteiger partial charge in [-0.2, -0.15) is 0 Å². The molecule has 0 radical (unpaired) electrons. The van der Waals surface area contributed by atoms with Gasteiger partial charge in [-0.25, -0.2) is 0 Å². The summed E-state index contributed by atoms with van der Waals surface area (Å²) in [5.41, 5.74) is 1.22. The largest absolute Gasteiger partial charge is 1.00 e. The summed E-state index contributed by atoms with van der Waals surface area (Å²) < 4.78 is 0. The summed E-state index contributed by atoms with van der Waals surface area (Å²) in [6, 6.07) is 4.59. The molecule has 0 spiro atoms. The second-order valence-corrected chi connectivity index (χ2v) is 2.54.